The average molecular weight is 339 g/mol. The molecule has 2 amide bonds. The molecule has 0 radical (unpaired) electrons. The van der Waals surface area contributed by atoms with Gasteiger partial charge in [-0.2, -0.15) is 0 Å². The number of aromatic nitrogens is 1. The molecule has 0 spiro atoms. The molecule has 7 heteroatoms. The molecular weight excluding hydrogens is 313 g/mol. The second kappa shape index (κ2) is 9.42. The second-order valence-corrected chi connectivity index (χ2v) is 6.02. The first-order valence-corrected chi connectivity index (χ1v) is 8.34. The highest BCUT2D eigenvalue weighted by Gasteiger charge is 2.22. The number of halogens is 1. The van der Waals surface area contributed by atoms with Crippen LogP contribution in [-0.4, -0.2) is 49.8 Å². The van der Waals surface area contributed by atoms with Crippen molar-refractivity contribution < 1.29 is 18.7 Å². The van der Waals surface area contributed by atoms with E-state index in [-0.39, 0.29) is 24.0 Å². The van der Waals surface area contributed by atoms with Gasteiger partial charge in [-0.25, -0.2) is 9.18 Å². The van der Waals surface area contributed by atoms with Crippen LogP contribution in [0.3, 0.4) is 0 Å². The number of ether oxygens (including phenoxy) is 2. The van der Waals surface area contributed by atoms with E-state index in [0.717, 1.165) is 32.2 Å². The van der Waals surface area contributed by atoms with E-state index in [1.54, 1.807) is 7.11 Å². The minimum absolute atomic E-state index is 0.0428. The van der Waals surface area contributed by atoms with Gasteiger partial charge < -0.3 is 19.7 Å². The number of urea groups is 1. The first-order valence-electron chi connectivity index (χ1n) is 8.34. The molecule has 1 aromatic rings. The van der Waals surface area contributed by atoms with Crippen molar-refractivity contribution >= 4 is 6.03 Å². The number of nitrogens with zero attached hydrogens (tertiary/aromatic N) is 2. The highest BCUT2D eigenvalue weighted by molar-refractivity contribution is 5.74. The molecule has 2 heterocycles. The number of methoxy groups -OCH3 is 2. The van der Waals surface area contributed by atoms with Gasteiger partial charge in [0.25, 0.3) is 0 Å². The summed E-state index contributed by atoms with van der Waals surface area (Å²) in [6.45, 7) is 2.19. The van der Waals surface area contributed by atoms with Gasteiger partial charge in [0.05, 0.1) is 19.3 Å². The van der Waals surface area contributed by atoms with Crippen LogP contribution in [0.15, 0.2) is 12.3 Å². The van der Waals surface area contributed by atoms with Gasteiger partial charge >= 0.3 is 6.03 Å². The number of carbonyl (C=O) groups excluding carboxylic acids is 1. The van der Waals surface area contributed by atoms with Gasteiger partial charge in [0.1, 0.15) is 0 Å². The summed E-state index contributed by atoms with van der Waals surface area (Å²) in [6, 6.07) is 1.28. The maximum absolute atomic E-state index is 14.1. The third-order valence-corrected chi connectivity index (χ3v) is 4.34. The number of carbonyl (C=O) groups is 1. The fourth-order valence-electron chi connectivity index (χ4n) is 2.95. The van der Waals surface area contributed by atoms with Crippen LogP contribution in [-0.2, 0) is 11.3 Å². The third-order valence-electron chi connectivity index (χ3n) is 4.34. The Morgan fingerprint density at radius 1 is 1.46 bits per heavy atom. The summed E-state index contributed by atoms with van der Waals surface area (Å²) in [7, 11) is 3.09. The molecule has 1 saturated heterocycles. The molecule has 1 aliphatic rings. The largest absolute Gasteiger partial charge is 0.494 e. The van der Waals surface area contributed by atoms with Crippen LogP contribution >= 0.6 is 0 Å². The summed E-state index contributed by atoms with van der Waals surface area (Å²) in [5.41, 5.74) is 0.174. The monoisotopic (exact) mass is 339 g/mol. The minimum atomic E-state index is -0.533. The van der Waals surface area contributed by atoms with Gasteiger partial charge in [0.2, 0.25) is 0 Å². The predicted octanol–water partition coefficient (Wildman–Crippen LogP) is 2.58. The van der Waals surface area contributed by atoms with E-state index in [1.165, 1.54) is 19.4 Å². The van der Waals surface area contributed by atoms with Gasteiger partial charge in [-0.05, 0) is 25.2 Å². The molecule has 1 fully saturated rings. The number of likely N-dealkylation sites (tertiary alicyclic amines) is 1. The van der Waals surface area contributed by atoms with Crippen molar-refractivity contribution in [3.8, 4) is 5.75 Å². The van der Waals surface area contributed by atoms with Crippen molar-refractivity contribution in [1.29, 1.82) is 0 Å². The molecule has 1 aromatic heterocycles. The van der Waals surface area contributed by atoms with Crippen molar-refractivity contribution in [3.05, 3.63) is 23.8 Å². The molecule has 0 saturated carbocycles. The van der Waals surface area contributed by atoms with Gasteiger partial charge in [0.15, 0.2) is 11.6 Å². The lowest BCUT2D eigenvalue weighted by Gasteiger charge is -2.24. The van der Waals surface area contributed by atoms with Crippen molar-refractivity contribution in [2.24, 2.45) is 5.92 Å². The zero-order valence-electron chi connectivity index (χ0n) is 14.4. The summed E-state index contributed by atoms with van der Waals surface area (Å²) in [5, 5.41) is 2.76. The standard InChI is InChI=1S/C17H26FN3O3/c1-23-10-7-13-5-3-4-9-21(12-13)17(22)20-11-14-16(18)15(24-2)6-8-19-14/h6,8,13H,3-5,7,9-12H2,1-2H3,(H,20,22). The number of pyridine rings is 1. The van der Waals surface area contributed by atoms with E-state index in [2.05, 4.69) is 10.3 Å². The first-order chi connectivity index (χ1) is 11.7. The molecule has 1 N–H and O–H groups in total. The van der Waals surface area contributed by atoms with Gasteiger partial charge in [-0.3, -0.25) is 4.98 Å². The average Bonchev–Trinajstić information content (AvgIpc) is 2.84. The number of rotatable bonds is 6. The lowest BCUT2D eigenvalue weighted by molar-refractivity contribution is 0.159. The van der Waals surface area contributed by atoms with Crippen LogP contribution in [0.25, 0.3) is 0 Å². The van der Waals surface area contributed by atoms with Crippen LogP contribution in [0.2, 0.25) is 0 Å². The fraction of sp³-hybridized carbons (Fsp3) is 0.647. The number of hydrogen-bond acceptors (Lipinski definition) is 4. The third kappa shape index (κ3) is 5.06. The summed E-state index contributed by atoms with van der Waals surface area (Å²) >= 11 is 0. The Hall–Kier alpha value is -1.89. The molecule has 0 bridgehead atoms. The normalized spacial score (nSPS) is 18.1. The topological polar surface area (TPSA) is 63.7 Å². The Morgan fingerprint density at radius 2 is 2.29 bits per heavy atom. The van der Waals surface area contributed by atoms with Crippen molar-refractivity contribution in [2.75, 3.05) is 33.9 Å². The Bertz CT molecular complexity index is 542. The predicted molar refractivity (Wildman–Crippen MR) is 88.4 cm³/mol. The minimum Gasteiger partial charge on any atom is -0.494 e. The summed E-state index contributed by atoms with van der Waals surface area (Å²) in [4.78, 5) is 18.2. The molecule has 0 aromatic carbocycles. The zero-order valence-corrected chi connectivity index (χ0v) is 14.4. The van der Waals surface area contributed by atoms with Crippen LogP contribution in [0, 0.1) is 11.7 Å². The van der Waals surface area contributed by atoms with E-state index in [1.807, 2.05) is 4.90 Å². The maximum Gasteiger partial charge on any atom is 0.317 e. The Balaban J connectivity index is 1.91. The second-order valence-electron chi connectivity index (χ2n) is 6.02. The van der Waals surface area contributed by atoms with Gasteiger partial charge in [-0.1, -0.05) is 6.42 Å². The Morgan fingerprint density at radius 3 is 3.04 bits per heavy atom. The van der Waals surface area contributed by atoms with Crippen molar-refractivity contribution in [2.45, 2.75) is 32.2 Å². The quantitative estimate of drug-likeness (QED) is 0.865. The molecule has 1 atom stereocenters. The SMILES string of the molecule is COCCC1CCCCN(C(=O)NCc2nccc(OC)c2F)C1. The van der Waals surface area contributed by atoms with Crippen LogP contribution in [0.4, 0.5) is 9.18 Å². The van der Waals surface area contributed by atoms with Crippen molar-refractivity contribution in [1.82, 2.24) is 15.2 Å². The van der Waals surface area contributed by atoms with E-state index >= 15 is 0 Å². The Kier molecular flexibility index (Phi) is 7.24. The molecule has 1 unspecified atom stereocenters. The van der Waals surface area contributed by atoms with Crippen molar-refractivity contribution in [3.63, 3.8) is 0 Å². The fourth-order valence-corrected chi connectivity index (χ4v) is 2.95. The molecule has 6 nitrogen and oxygen atoms in total. The smallest absolute Gasteiger partial charge is 0.317 e. The number of hydrogen-bond donors (Lipinski definition) is 1. The maximum atomic E-state index is 14.1. The van der Waals surface area contributed by atoms with Gasteiger partial charge in [-0.15, -0.1) is 0 Å². The first kappa shape index (κ1) is 18.4. The summed E-state index contributed by atoms with van der Waals surface area (Å²) in [5.74, 6) is 0.0441. The molecule has 134 valence electrons. The molecule has 1 aliphatic heterocycles. The Labute approximate surface area is 142 Å². The van der Waals surface area contributed by atoms with E-state index in [9.17, 15) is 9.18 Å². The highest BCUT2D eigenvalue weighted by Crippen LogP contribution is 2.20. The summed E-state index contributed by atoms with van der Waals surface area (Å²) < 4.78 is 24.1. The molecule has 0 aliphatic carbocycles. The zero-order chi connectivity index (χ0) is 17.4. The molecule has 24 heavy (non-hydrogen) atoms. The van der Waals surface area contributed by atoms with E-state index in [4.69, 9.17) is 9.47 Å². The molecular formula is C17H26FN3O3. The number of amides is 2. The lowest BCUT2D eigenvalue weighted by atomic mass is 10.0. The summed E-state index contributed by atoms with van der Waals surface area (Å²) in [6.07, 6.45) is 5.63. The molecule has 2 rings (SSSR count). The highest BCUT2D eigenvalue weighted by atomic mass is 19.1. The van der Waals surface area contributed by atoms with Crippen LogP contribution < -0.4 is 10.1 Å². The van der Waals surface area contributed by atoms with Gasteiger partial charge in [0, 0.05) is 39.1 Å². The van der Waals surface area contributed by atoms with Crippen LogP contribution in [0.1, 0.15) is 31.4 Å². The van der Waals surface area contributed by atoms with Crippen LogP contribution in [0.5, 0.6) is 5.75 Å². The number of nitrogens with one attached hydrogen (secondary N) is 1. The van der Waals surface area contributed by atoms with E-state index in [0.29, 0.717) is 19.1 Å². The lowest BCUT2D eigenvalue weighted by Crippen LogP contribution is -2.42. The van der Waals surface area contributed by atoms with E-state index < -0.39 is 5.82 Å².